The summed E-state index contributed by atoms with van der Waals surface area (Å²) in [6.07, 6.45) is 4.07. The summed E-state index contributed by atoms with van der Waals surface area (Å²) in [5.74, 6) is 2.02. The Kier molecular flexibility index (Phi) is 5.06. The van der Waals surface area contributed by atoms with E-state index in [1.54, 1.807) is 0 Å². The average Bonchev–Trinajstić information content (AvgIpc) is 2.74. The lowest BCUT2D eigenvalue weighted by atomic mass is 10.3. The van der Waals surface area contributed by atoms with E-state index in [0.29, 0.717) is 31.1 Å². The molecular formula is C19H25N7O. The third-order valence-corrected chi connectivity index (χ3v) is 4.79. The highest BCUT2D eigenvalue weighted by Crippen LogP contribution is 2.25. The second-order valence-electron chi connectivity index (χ2n) is 6.70. The molecule has 3 heterocycles. The van der Waals surface area contributed by atoms with Crippen molar-refractivity contribution in [1.82, 2.24) is 19.9 Å². The molecule has 2 aliphatic heterocycles. The van der Waals surface area contributed by atoms with E-state index in [1.807, 2.05) is 54.7 Å². The van der Waals surface area contributed by atoms with Gasteiger partial charge in [0, 0.05) is 58.4 Å². The molecule has 142 valence electrons. The van der Waals surface area contributed by atoms with Gasteiger partial charge in [-0.3, -0.25) is 0 Å². The zero-order valence-corrected chi connectivity index (χ0v) is 15.8. The molecule has 0 aliphatic carbocycles. The molecule has 1 aromatic heterocycles. The lowest BCUT2D eigenvalue weighted by Gasteiger charge is -2.31. The van der Waals surface area contributed by atoms with E-state index in [-0.39, 0.29) is 0 Å². The van der Waals surface area contributed by atoms with Gasteiger partial charge in [-0.25, -0.2) is 0 Å². The molecule has 0 radical (unpaired) electrons. The van der Waals surface area contributed by atoms with Gasteiger partial charge >= 0.3 is 0 Å². The summed E-state index contributed by atoms with van der Waals surface area (Å²) in [4.78, 5) is 22.7. The molecule has 0 amide bonds. The summed E-state index contributed by atoms with van der Waals surface area (Å²) in [5.41, 5.74) is 1.04. The van der Waals surface area contributed by atoms with E-state index in [0.717, 1.165) is 31.9 Å². The highest BCUT2D eigenvalue weighted by Gasteiger charge is 2.21. The van der Waals surface area contributed by atoms with E-state index in [1.165, 1.54) is 0 Å². The van der Waals surface area contributed by atoms with Crippen LogP contribution in [0.15, 0.2) is 42.7 Å². The predicted molar refractivity (Wildman–Crippen MR) is 106 cm³/mol. The van der Waals surface area contributed by atoms with Crippen LogP contribution in [0.1, 0.15) is 0 Å². The first-order valence-corrected chi connectivity index (χ1v) is 9.23. The van der Waals surface area contributed by atoms with E-state index >= 15 is 0 Å². The Bertz CT molecular complexity index is 792. The fourth-order valence-electron chi connectivity index (χ4n) is 3.07. The molecule has 0 atom stereocenters. The maximum Gasteiger partial charge on any atom is 0.236 e. The third kappa shape index (κ3) is 3.95. The Morgan fingerprint density at radius 3 is 2.33 bits per heavy atom. The normalized spacial score (nSPS) is 17.3. The number of aromatic nitrogens is 3. The number of para-hydroxylation sites is 1. The van der Waals surface area contributed by atoms with Crippen molar-refractivity contribution in [3.05, 3.63) is 42.7 Å². The molecule has 1 fully saturated rings. The largest absolute Gasteiger partial charge is 0.378 e. The number of anilines is 4. The van der Waals surface area contributed by atoms with Crippen molar-refractivity contribution in [1.29, 1.82) is 0 Å². The SMILES string of the molecule is CN1C=CN(c2nc(N3CCOCC3)nc(N(C)c3ccccc3)n2)CC1. The number of nitrogens with zero attached hydrogens (tertiary/aromatic N) is 7. The molecule has 2 aliphatic rings. The number of hydrogen-bond acceptors (Lipinski definition) is 8. The van der Waals surface area contributed by atoms with Crippen LogP contribution >= 0.6 is 0 Å². The Hall–Kier alpha value is -2.87. The van der Waals surface area contributed by atoms with Crippen LogP contribution in [0, 0.1) is 0 Å². The number of rotatable bonds is 4. The summed E-state index contributed by atoms with van der Waals surface area (Å²) in [7, 11) is 4.05. The van der Waals surface area contributed by atoms with Crippen molar-refractivity contribution in [2.45, 2.75) is 0 Å². The molecule has 27 heavy (non-hydrogen) atoms. The zero-order chi connectivity index (χ0) is 18.6. The zero-order valence-electron chi connectivity index (χ0n) is 15.8. The minimum Gasteiger partial charge on any atom is -0.378 e. The Labute approximate surface area is 159 Å². The highest BCUT2D eigenvalue weighted by molar-refractivity contribution is 5.59. The molecule has 2 aromatic rings. The molecule has 0 N–H and O–H groups in total. The van der Waals surface area contributed by atoms with Crippen LogP contribution in [0.25, 0.3) is 0 Å². The van der Waals surface area contributed by atoms with Crippen molar-refractivity contribution in [2.75, 3.05) is 68.2 Å². The Balaban J connectivity index is 1.71. The van der Waals surface area contributed by atoms with Gasteiger partial charge in [0.25, 0.3) is 0 Å². The lowest BCUT2D eigenvalue weighted by molar-refractivity contribution is 0.122. The molecular weight excluding hydrogens is 342 g/mol. The fraction of sp³-hybridized carbons (Fsp3) is 0.421. The van der Waals surface area contributed by atoms with Gasteiger partial charge in [-0.1, -0.05) is 18.2 Å². The second-order valence-corrected chi connectivity index (χ2v) is 6.70. The number of ether oxygens (including phenoxy) is 1. The van der Waals surface area contributed by atoms with Gasteiger partial charge in [0.05, 0.1) is 13.2 Å². The average molecular weight is 367 g/mol. The van der Waals surface area contributed by atoms with Gasteiger partial charge in [-0.15, -0.1) is 0 Å². The van der Waals surface area contributed by atoms with Crippen LogP contribution in [0.3, 0.4) is 0 Å². The van der Waals surface area contributed by atoms with Gasteiger partial charge in [-0.05, 0) is 12.1 Å². The monoisotopic (exact) mass is 367 g/mol. The van der Waals surface area contributed by atoms with Crippen molar-refractivity contribution in [2.24, 2.45) is 0 Å². The maximum absolute atomic E-state index is 5.48. The molecule has 4 rings (SSSR count). The van der Waals surface area contributed by atoms with Gasteiger partial charge in [0.1, 0.15) is 0 Å². The van der Waals surface area contributed by atoms with Gasteiger partial charge in [-0.2, -0.15) is 15.0 Å². The van der Waals surface area contributed by atoms with Crippen molar-refractivity contribution in [3.8, 4) is 0 Å². The van der Waals surface area contributed by atoms with Crippen molar-refractivity contribution >= 4 is 23.5 Å². The summed E-state index contributed by atoms with van der Waals surface area (Å²) in [6, 6.07) is 10.1. The van der Waals surface area contributed by atoms with E-state index in [9.17, 15) is 0 Å². The molecule has 0 spiro atoms. The molecule has 8 nitrogen and oxygen atoms in total. The number of hydrogen-bond donors (Lipinski definition) is 0. The van der Waals surface area contributed by atoms with Crippen molar-refractivity contribution < 1.29 is 4.74 Å². The van der Waals surface area contributed by atoms with Crippen molar-refractivity contribution in [3.63, 3.8) is 0 Å². The van der Waals surface area contributed by atoms with Gasteiger partial charge < -0.3 is 24.3 Å². The maximum atomic E-state index is 5.48. The van der Waals surface area contributed by atoms with Gasteiger partial charge in [0.2, 0.25) is 17.8 Å². The molecule has 0 bridgehead atoms. The number of likely N-dealkylation sites (N-methyl/N-ethyl adjacent to an activating group) is 1. The minimum atomic E-state index is 0.639. The quantitative estimate of drug-likeness (QED) is 0.809. The Morgan fingerprint density at radius 1 is 0.889 bits per heavy atom. The third-order valence-electron chi connectivity index (χ3n) is 4.79. The molecule has 1 saturated heterocycles. The minimum absolute atomic E-state index is 0.639. The topological polar surface area (TPSA) is 60.9 Å². The van der Waals surface area contributed by atoms with Crippen LogP contribution in [0.5, 0.6) is 0 Å². The first-order valence-electron chi connectivity index (χ1n) is 9.23. The lowest BCUT2D eigenvalue weighted by Crippen LogP contribution is -2.38. The smallest absolute Gasteiger partial charge is 0.236 e. The van der Waals surface area contributed by atoms with Crippen LogP contribution < -0.4 is 14.7 Å². The van der Waals surface area contributed by atoms with E-state index < -0.39 is 0 Å². The van der Waals surface area contributed by atoms with Crippen LogP contribution in [-0.4, -0.2) is 73.3 Å². The number of morpholine rings is 1. The Morgan fingerprint density at radius 2 is 1.63 bits per heavy atom. The van der Waals surface area contributed by atoms with Gasteiger partial charge in [0.15, 0.2) is 0 Å². The van der Waals surface area contributed by atoms with Crippen LogP contribution in [0.2, 0.25) is 0 Å². The summed E-state index contributed by atoms with van der Waals surface area (Å²) < 4.78 is 5.48. The predicted octanol–water partition coefficient (Wildman–Crippen LogP) is 1.70. The summed E-state index contributed by atoms with van der Waals surface area (Å²) in [5, 5.41) is 0. The molecule has 0 unspecified atom stereocenters. The standard InChI is InChI=1S/C19H25N7O/c1-23-8-10-25(11-9-23)18-20-17(24(2)16-6-4-3-5-7-16)21-19(22-18)26-12-14-27-15-13-26/h3-8,10H,9,11-15H2,1-2H3. The first kappa shape index (κ1) is 17.5. The highest BCUT2D eigenvalue weighted by atomic mass is 16.5. The summed E-state index contributed by atoms with van der Waals surface area (Å²) >= 11 is 0. The van der Waals surface area contributed by atoms with E-state index in [4.69, 9.17) is 19.7 Å². The second kappa shape index (κ2) is 7.79. The van der Waals surface area contributed by atoms with Crippen LogP contribution in [-0.2, 0) is 4.74 Å². The molecule has 1 aromatic carbocycles. The first-order chi connectivity index (χ1) is 13.2. The molecule has 0 saturated carbocycles. The van der Waals surface area contributed by atoms with E-state index in [2.05, 4.69) is 21.7 Å². The fourth-order valence-corrected chi connectivity index (χ4v) is 3.07. The summed E-state index contributed by atoms with van der Waals surface area (Å²) in [6.45, 7) is 4.73. The van der Waals surface area contributed by atoms with Crippen LogP contribution in [0.4, 0.5) is 23.5 Å². The molecule has 8 heteroatoms. The number of benzene rings is 1.